The Hall–Kier alpha value is -1.19. The molecule has 0 heterocycles. The summed E-state index contributed by atoms with van der Waals surface area (Å²) in [4.78, 5) is 10.2. The third kappa shape index (κ3) is 3.40. The summed E-state index contributed by atoms with van der Waals surface area (Å²) in [6, 6.07) is 0. The highest BCUT2D eigenvalue weighted by atomic mass is 16.6. The van der Waals surface area contributed by atoms with Crippen LogP contribution >= 0.6 is 0 Å². The van der Waals surface area contributed by atoms with Gasteiger partial charge in [0.05, 0.1) is 13.1 Å². The molecule has 52 valence electrons. The van der Waals surface area contributed by atoms with Crippen molar-refractivity contribution in [2.24, 2.45) is 0 Å². The highest BCUT2D eigenvalue weighted by Gasteiger charge is 1.89. The van der Waals surface area contributed by atoms with Gasteiger partial charge in [-0.05, 0) is 7.11 Å². The fourth-order valence-corrected chi connectivity index (χ4v) is 0.214. The predicted molar refractivity (Wildman–Crippen MR) is 27.1 cm³/mol. The average Bonchev–Trinajstić information content (AvgIpc) is 1.87. The van der Waals surface area contributed by atoms with Gasteiger partial charge < -0.3 is 14.6 Å². The van der Waals surface area contributed by atoms with Crippen LogP contribution < -0.4 is 5.11 Å². The highest BCUT2D eigenvalue weighted by molar-refractivity contribution is 5.81. The zero-order valence-corrected chi connectivity index (χ0v) is 5.21. The van der Waals surface area contributed by atoms with E-state index < -0.39 is 11.9 Å². The lowest BCUT2D eigenvalue weighted by molar-refractivity contribution is -0.353. The second-order valence-electron chi connectivity index (χ2n) is 1.19. The monoisotopic (exact) mass is 131 g/mol. The van der Waals surface area contributed by atoms with Crippen LogP contribution in [-0.4, -0.2) is 20.2 Å². The number of rotatable bonds is 2. The molecule has 0 amide bonds. The van der Waals surface area contributed by atoms with E-state index in [1.165, 1.54) is 14.2 Å². The van der Waals surface area contributed by atoms with Crippen molar-refractivity contribution in [2.75, 3.05) is 14.2 Å². The van der Waals surface area contributed by atoms with Gasteiger partial charge in [-0.2, -0.15) is 0 Å². The van der Waals surface area contributed by atoms with Crippen LogP contribution in [0.5, 0.6) is 0 Å². The second kappa shape index (κ2) is 3.77. The minimum Gasteiger partial charge on any atom is -0.616 e. The molecule has 0 saturated heterocycles. The van der Waals surface area contributed by atoms with E-state index in [4.69, 9.17) is 0 Å². The molecule has 0 saturated carbocycles. The molecule has 0 unspecified atom stereocenters. The van der Waals surface area contributed by atoms with Gasteiger partial charge in [0.2, 0.25) is 0 Å². The predicted octanol–water partition coefficient (Wildman–Crippen LogP) is -0.993. The first kappa shape index (κ1) is 7.81. The van der Waals surface area contributed by atoms with Crippen LogP contribution in [0.4, 0.5) is 0 Å². The Kier molecular flexibility index (Phi) is 3.27. The Morgan fingerprint density at radius 3 is 2.33 bits per heavy atom. The van der Waals surface area contributed by atoms with Crippen LogP contribution in [0, 0.1) is 0 Å². The van der Waals surface area contributed by atoms with Crippen molar-refractivity contribution in [2.45, 2.75) is 0 Å². The second-order valence-corrected chi connectivity index (χ2v) is 1.19. The van der Waals surface area contributed by atoms with Gasteiger partial charge in [-0.15, -0.1) is 0 Å². The Balaban J connectivity index is 3.79. The normalized spacial score (nSPS) is 10.7. The molecular formula is C5H7O4-. The van der Waals surface area contributed by atoms with Crippen LogP contribution in [0.3, 0.4) is 0 Å². The van der Waals surface area contributed by atoms with E-state index >= 15 is 0 Å². The topological polar surface area (TPSA) is 58.6 Å². The smallest absolute Gasteiger partial charge is 0.332 e. The molecule has 0 aliphatic rings. The maximum absolute atomic E-state index is 10.2. The summed E-state index contributed by atoms with van der Waals surface area (Å²) >= 11 is 0. The lowest BCUT2D eigenvalue weighted by atomic mass is 10.6. The van der Waals surface area contributed by atoms with Crippen LogP contribution in [0.15, 0.2) is 12.0 Å². The summed E-state index contributed by atoms with van der Waals surface area (Å²) in [5.74, 6) is -1.41. The molecule has 0 bridgehead atoms. The van der Waals surface area contributed by atoms with Gasteiger partial charge in [0.15, 0.2) is 0 Å². The molecule has 0 radical (unpaired) electrons. The Bertz CT molecular complexity index is 127. The minimum atomic E-state index is -0.707. The molecule has 0 aromatic carbocycles. The lowest BCUT2D eigenvalue weighted by Crippen LogP contribution is -2.09. The van der Waals surface area contributed by atoms with E-state index in [9.17, 15) is 9.90 Å². The Morgan fingerprint density at radius 1 is 1.44 bits per heavy atom. The summed E-state index contributed by atoms with van der Waals surface area (Å²) in [7, 11) is 2.36. The molecule has 9 heavy (non-hydrogen) atoms. The fraction of sp³-hybridized carbons (Fsp3) is 0.400. The van der Waals surface area contributed by atoms with Crippen LogP contribution in [0.1, 0.15) is 0 Å². The van der Waals surface area contributed by atoms with Gasteiger partial charge in [0.1, 0.15) is 0 Å². The van der Waals surface area contributed by atoms with E-state index in [0.717, 1.165) is 6.08 Å². The summed E-state index contributed by atoms with van der Waals surface area (Å²) in [6.07, 6.45) is 0.722. The first-order valence-electron chi connectivity index (χ1n) is 2.21. The number of ether oxygens (including phenoxy) is 2. The molecule has 0 spiro atoms. The number of hydrogen-bond donors (Lipinski definition) is 0. The van der Waals surface area contributed by atoms with Crippen LogP contribution in [-0.2, 0) is 14.3 Å². The number of carbonyl (C=O) groups is 1. The van der Waals surface area contributed by atoms with Crippen LogP contribution in [0.25, 0.3) is 0 Å². The summed E-state index contributed by atoms with van der Waals surface area (Å²) in [5, 5.41) is 10.2. The SMILES string of the molecule is COC(=O)C=C([O-])OC. The molecule has 0 aromatic rings. The van der Waals surface area contributed by atoms with Gasteiger partial charge in [0.25, 0.3) is 0 Å². The van der Waals surface area contributed by atoms with E-state index in [0.29, 0.717) is 0 Å². The standard InChI is InChI=1S/C5H8O4/c1-8-4(6)3-5(7)9-2/h3,6H,1-2H3/p-1. The largest absolute Gasteiger partial charge is 0.616 e. The van der Waals surface area contributed by atoms with E-state index in [-0.39, 0.29) is 0 Å². The van der Waals surface area contributed by atoms with Gasteiger partial charge in [-0.3, -0.25) is 0 Å². The molecule has 0 aliphatic heterocycles. The van der Waals surface area contributed by atoms with Crippen molar-refractivity contribution in [1.29, 1.82) is 0 Å². The van der Waals surface area contributed by atoms with E-state index in [2.05, 4.69) is 9.47 Å². The quantitative estimate of drug-likeness (QED) is 0.274. The molecule has 0 aliphatic carbocycles. The Morgan fingerprint density at radius 2 is 2.00 bits per heavy atom. The zero-order chi connectivity index (χ0) is 7.28. The summed E-state index contributed by atoms with van der Waals surface area (Å²) in [6.45, 7) is 0. The summed E-state index contributed by atoms with van der Waals surface area (Å²) < 4.78 is 8.25. The van der Waals surface area contributed by atoms with Crippen molar-refractivity contribution in [3.63, 3.8) is 0 Å². The molecule has 0 aromatic heterocycles. The first-order valence-corrected chi connectivity index (χ1v) is 2.21. The molecule has 0 N–H and O–H groups in total. The highest BCUT2D eigenvalue weighted by Crippen LogP contribution is 1.83. The fourth-order valence-electron chi connectivity index (χ4n) is 0.214. The third-order valence-electron chi connectivity index (χ3n) is 0.638. The Labute approximate surface area is 52.7 Å². The number of esters is 1. The third-order valence-corrected chi connectivity index (χ3v) is 0.638. The summed E-state index contributed by atoms with van der Waals surface area (Å²) in [5.41, 5.74) is 0. The molecule has 4 nitrogen and oxygen atoms in total. The van der Waals surface area contributed by atoms with Gasteiger partial charge in [-0.25, -0.2) is 4.79 Å². The number of carbonyl (C=O) groups excluding carboxylic acids is 1. The molecule has 0 rings (SSSR count). The van der Waals surface area contributed by atoms with Crippen molar-refractivity contribution in [3.8, 4) is 0 Å². The first-order chi connectivity index (χ1) is 4.20. The maximum Gasteiger partial charge on any atom is 0.332 e. The molecule has 0 fully saturated rings. The minimum absolute atomic E-state index is 0.707. The van der Waals surface area contributed by atoms with E-state index in [1.54, 1.807) is 0 Å². The molecule has 0 atom stereocenters. The van der Waals surface area contributed by atoms with E-state index in [1.807, 2.05) is 0 Å². The van der Waals surface area contributed by atoms with Crippen molar-refractivity contribution in [3.05, 3.63) is 12.0 Å². The molecule has 4 heteroatoms. The lowest BCUT2D eigenvalue weighted by Gasteiger charge is -2.05. The average molecular weight is 131 g/mol. The van der Waals surface area contributed by atoms with Gasteiger partial charge >= 0.3 is 5.97 Å². The molecular weight excluding hydrogens is 124 g/mol. The van der Waals surface area contributed by atoms with Gasteiger partial charge in [0, 0.05) is 6.08 Å². The maximum atomic E-state index is 10.2. The zero-order valence-electron chi connectivity index (χ0n) is 5.21. The van der Waals surface area contributed by atoms with Crippen molar-refractivity contribution >= 4 is 5.97 Å². The van der Waals surface area contributed by atoms with Crippen molar-refractivity contribution in [1.82, 2.24) is 0 Å². The van der Waals surface area contributed by atoms with Gasteiger partial charge in [-0.1, -0.05) is 0 Å². The number of hydrogen-bond acceptors (Lipinski definition) is 4. The van der Waals surface area contributed by atoms with Crippen molar-refractivity contribution < 1.29 is 19.4 Å². The number of methoxy groups -OCH3 is 2. The van der Waals surface area contributed by atoms with Crippen LogP contribution in [0.2, 0.25) is 0 Å².